The van der Waals surface area contributed by atoms with Gasteiger partial charge in [0.15, 0.2) is 11.5 Å². The third-order valence-electron chi connectivity index (χ3n) is 3.58. The van der Waals surface area contributed by atoms with Crippen molar-refractivity contribution in [2.45, 2.75) is 13.8 Å². The number of methoxy groups -OCH3 is 1. The number of carbonyl (C=O) groups excluding carboxylic acids is 2. The first-order chi connectivity index (χ1) is 13.9. The molecule has 2 aromatic rings. The molecule has 0 aliphatic heterocycles. The molecule has 0 saturated carbocycles. The molecule has 0 aliphatic carbocycles. The number of nitrogens with zero attached hydrogens (tertiary/aromatic N) is 1. The summed E-state index contributed by atoms with van der Waals surface area (Å²) in [5.41, 5.74) is 0.975. The Morgan fingerprint density at radius 1 is 1.28 bits per heavy atom. The second kappa shape index (κ2) is 10.5. The first kappa shape index (κ1) is 22.2. The Labute approximate surface area is 182 Å². The van der Waals surface area contributed by atoms with Crippen LogP contribution in [-0.2, 0) is 9.59 Å². The molecule has 0 unspecified atom stereocenters. The van der Waals surface area contributed by atoms with Crippen LogP contribution >= 0.6 is 22.6 Å². The molecule has 2 aromatic carbocycles. The second-order valence-electron chi connectivity index (χ2n) is 5.71. The van der Waals surface area contributed by atoms with E-state index < -0.39 is 11.9 Å². The van der Waals surface area contributed by atoms with Gasteiger partial charge < -0.3 is 19.5 Å². The smallest absolute Gasteiger partial charge is 0.308 e. The van der Waals surface area contributed by atoms with Crippen molar-refractivity contribution in [3.63, 3.8) is 0 Å². The van der Waals surface area contributed by atoms with Crippen LogP contribution in [-0.4, -0.2) is 25.6 Å². The maximum absolute atomic E-state index is 12.5. The Kier molecular flexibility index (Phi) is 8.03. The van der Waals surface area contributed by atoms with Crippen molar-refractivity contribution in [2.75, 3.05) is 19.0 Å². The zero-order chi connectivity index (χ0) is 21.4. The van der Waals surface area contributed by atoms with Crippen molar-refractivity contribution >= 4 is 46.2 Å². The van der Waals surface area contributed by atoms with Crippen LogP contribution in [0.15, 0.2) is 42.0 Å². The highest BCUT2D eigenvalue weighted by Crippen LogP contribution is 2.35. The molecule has 150 valence electrons. The highest BCUT2D eigenvalue weighted by atomic mass is 127. The highest BCUT2D eigenvalue weighted by Gasteiger charge is 2.16. The molecule has 29 heavy (non-hydrogen) atoms. The van der Waals surface area contributed by atoms with Crippen LogP contribution in [0.4, 0.5) is 5.69 Å². The van der Waals surface area contributed by atoms with Gasteiger partial charge in [-0.15, -0.1) is 0 Å². The lowest BCUT2D eigenvalue weighted by molar-refractivity contribution is -0.132. The molecule has 0 saturated heterocycles. The molecule has 0 spiro atoms. The van der Waals surface area contributed by atoms with Gasteiger partial charge in [0, 0.05) is 18.7 Å². The number of esters is 1. The average molecular weight is 506 g/mol. The molecule has 0 radical (unpaired) electrons. The molecule has 0 atom stereocenters. The summed E-state index contributed by atoms with van der Waals surface area (Å²) >= 11 is 2.00. The highest BCUT2D eigenvalue weighted by molar-refractivity contribution is 14.1. The van der Waals surface area contributed by atoms with E-state index in [1.165, 1.54) is 20.1 Å². The largest absolute Gasteiger partial charge is 0.497 e. The van der Waals surface area contributed by atoms with Gasteiger partial charge in [0.2, 0.25) is 0 Å². The molecular weight excluding hydrogens is 487 g/mol. The number of hydrogen-bond acceptors (Lipinski definition) is 6. The predicted octanol–water partition coefficient (Wildman–Crippen LogP) is 4.17. The molecule has 0 fully saturated rings. The van der Waals surface area contributed by atoms with Gasteiger partial charge in [0.25, 0.3) is 5.91 Å². The van der Waals surface area contributed by atoms with Crippen molar-refractivity contribution < 1.29 is 23.8 Å². The first-order valence-electron chi connectivity index (χ1n) is 8.59. The molecule has 1 amide bonds. The normalized spacial score (nSPS) is 10.7. The number of halogens is 1. The Balaban J connectivity index is 2.34. The molecule has 0 aliphatic rings. The van der Waals surface area contributed by atoms with Crippen LogP contribution in [0, 0.1) is 14.9 Å². The van der Waals surface area contributed by atoms with Gasteiger partial charge in [-0.3, -0.25) is 9.59 Å². The van der Waals surface area contributed by atoms with E-state index in [0.29, 0.717) is 38.7 Å². The summed E-state index contributed by atoms with van der Waals surface area (Å²) in [6.07, 6.45) is 1.44. The van der Waals surface area contributed by atoms with Crippen LogP contribution in [0.5, 0.6) is 17.2 Å². The van der Waals surface area contributed by atoms with Gasteiger partial charge >= 0.3 is 5.97 Å². The molecule has 7 nitrogen and oxygen atoms in total. The van der Waals surface area contributed by atoms with E-state index in [9.17, 15) is 14.9 Å². The maximum atomic E-state index is 12.5. The minimum absolute atomic E-state index is 0.0914. The van der Waals surface area contributed by atoms with Crippen LogP contribution in [0.2, 0.25) is 0 Å². The number of hydrogen-bond donors (Lipinski definition) is 1. The van der Waals surface area contributed by atoms with Crippen molar-refractivity contribution in [2.24, 2.45) is 0 Å². The lowest BCUT2D eigenvalue weighted by Gasteiger charge is -2.13. The van der Waals surface area contributed by atoms with Gasteiger partial charge in [-0.1, -0.05) is 6.07 Å². The van der Waals surface area contributed by atoms with Crippen molar-refractivity contribution in [1.82, 2.24) is 0 Å². The Morgan fingerprint density at radius 3 is 2.66 bits per heavy atom. The van der Waals surface area contributed by atoms with E-state index in [1.54, 1.807) is 43.3 Å². The lowest BCUT2D eigenvalue weighted by atomic mass is 10.1. The molecule has 0 bridgehead atoms. The zero-order valence-electron chi connectivity index (χ0n) is 16.1. The molecule has 1 N–H and O–H groups in total. The third kappa shape index (κ3) is 6.22. The maximum Gasteiger partial charge on any atom is 0.308 e. The summed E-state index contributed by atoms with van der Waals surface area (Å²) in [6, 6.07) is 12.0. The zero-order valence-corrected chi connectivity index (χ0v) is 18.3. The number of carbonyl (C=O) groups is 2. The van der Waals surface area contributed by atoms with Gasteiger partial charge in [-0.2, -0.15) is 5.26 Å². The summed E-state index contributed by atoms with van der Waals surface area (Å²) < 4.78 is 16.5. The second-order valence-corrected chi connectivity index (χ2v) is 6.87. The SMILES string of the molecule is CCOc1cc(/C=C(\C#N)C(=O)Nc2cccc(OC)c2)cc(I)c1OC(C)=O. The van der Waals surface area contributed by atoms with E-state index in [1.807, 2.05) is 28.7 Å². The standard InChI is InChI=1S/C21H19IN2O5/c1-4-28-19-10-14(9-18(22)20(19)29-13(2)25)8-15(12-23)21(26)24-16-6-5-7-17(11-16)27-3/h5-11H,4H2,1-3H3,(H,24,26)/b15-8+. The molecule has 0 heterocycles. The van der Waals surface area contributed by atoms with Crippen LogP contribution in [0.3, 0.4) is 0 Å². The Bertz CT molecular complexity index is 995. The monoisotopic (exact) mass is 506 g/mol. The summed E-state index contributed by atoms with van der Waals surface area (Å²) in [4.78, 5) is 23.9. The van der Waals surface area contributed by atoms with Crippen LogP contribution in [0.1, 0.15) is 19.4 Å². The van der Waals surface area contributed by atoms with Crippen molar-refractivity contribution in [3.05, 3.63) is 51.1 Å². The summed E-state index contributed by atoms with van der Waals surface area (Å²) in [7, 11) is 1.53. The summed E-state index contributed by atoms with van der Waals surface area (Å²) in [5.74, 6) is 0.213. The third-order valence-corrected chi connectivity index (χ3v) is 4.38. The van der Waals surface area contributed by atoms with E-state index in [-0.39, 0.29) is 5.57 Å². The number of rotatable bonds is 7. The van der Waals surface area contributed by atoms with Crippen molar-refractivity contribution in [1.29, 1.82) is 5.26 Å². The fourth-order valence-electron chi connectivity index (χ4n) is 2.39. The van der Waals surface area contributed by atoms with Crippen LogP contribution < -0.4 is 19.5 Å². The number of ether oxygens (including phenoxy) is 3. The number of nitrogens with one attached hydrogen (secondary N) is 1. The van der Waals surface area contributed by atoms with Gasteiger partial charge in [-0.05, 0) is 65.4 Å². The van der Waals surface area contributed by atoms with Crippen LogP contribution in [0.25, 0.3) is 6.08 Å². The number of benzene rings is 2. The fraction of sp³-hybridized carbons (Fsp3) is 0.190. The topological polar surface area (TPSA) is 97.7 Å². The van der Waals surface area contributed by atoms with Gasteiger partial charge in [0.1, 0.15) is 17.4 Å². The van der Waals surface area contributed by atoms with E-state index in [0.717, 1.165) is 0 Å². The number of anilines is 1. The molecule has 2 rings (SSSR count). The molecule has 0 aromatic heterocycles. The molecular formula is C21H19IN2O5. The fourth-order valence-corrected chi connectivity index (χ4v) is 3.13. The minimum Gasteiger partial charge on any atom is -0.497 e. The quantitative estimate of drug-likeness (QED) is 0.199. The number of amides is 1. The van der Waals surface area contributed by atoms with Gasteiger partial charge in [-0.25, -0.2) is 0 Å². The van der Waals surface area contributed by atoms with E-state index >= 15 is 0 Å². The predicted molar refractivity (Wildman–Crippen MR) is 117 cm³/mol. The summed E-state index contributed by atoms with van der Waals surface area (Å²) in [5, 5.41) is 12.1. The Hall–Kier alpha value is -3.06. The average Bonchev–Trinajstić information content (AvgIpc) is 2.68. The summed E-state index contributed by atoms with van der Waals surface area (Å²) in [6.45, 7) is 3.46. The van der Waals surface area contributed by atoms with E-state index in [4.69, 9.17) is 14.2 Å². The lowest BCUT2D eigenvalue weighted by Crippen LogP contribution is -2.13. The van der Waals surface area contributed by atoms with Gasteiger partial charge in [0.05, 0.1) is 17.3 Å². The Morgan fingerprint density at radius 2 is 2.03 bits per heavy atom. The minimum atomic E-state index is -0.558. The number of nitriles is 1. The first-order valence-corrected chi connectivity index (χ1v) is 9.67. The van der Waals surface area contributed by atoms with Crippen molar-refractivity contribution in [3.8, 4) is 23.3 Å². The van der Waals surface area contributed by atoms with E-state index in [2.05, 4.69) is 5.32 Å². The molecule has 8 heteroatoms.